The van der Waals surface area contributed by atoms with E-state index in [4.69, 9.17) is 9.90 Å². The first-order chi connectivity index (χ1) is 4.18. The number of carboxylic acid groups (broad SMARTS) is 1. The van der Waals surface area contributed by atoms with Crippen LogP contribution in [0.15, 0.2) is 0 Å². The van der Waals surface area contributed by atoms with Gasteiger partial charge < -0.3 is 5.11 Å². The van der Waals surface area contributed by atoms with E-state index in [1.54, 1.807) is 0 Å². The number of carbonyl (C=O) groups is 2. The number of thiol groups is 2. The summed E-state index contributed by atoms with van der Waals surface area (Å²) in [7, 11) is 0. The lowest BCUT2D eigenvalue weighted by molar-refractivity contribution is -0.136. The molecule has 0 saturated heterocycles. The van der Waals surface area contributed by atoms with Crippen molar-refractivity contribution in [2.24, 2.45) is 0 Å². The van der Waals surface area contributed by atoms with Gasteiger partial charge in [0.2, 0.25) is 0 Å². The van der Waals surface area contributed by atoms with Crippen molar-refractivity contribution < 1.29 is 14.7 Å². The highest BCUT2D eigenvalue weighted by Crippen LogP contribution is 1.79. The Balaban J connectivity index is 0. The van der Waals surface area contributed by atoms with E-state index >= 15 is 0 Å². The first-order valence-corrected chi connectivity index (χ1v) is 3.24. The lowest BCUT2D eigenvalue weighted by Gasteiger charge is -1.79. The SMILES string of the molecule is O=C(O)CCS.O=CS. The minimum atomic E-state index is -0.787. The van der Waals surface area contributed by atoms with E-state index in [1.807, 2.05) is 0 Å². The zero-order chi connectivity index (χ0) is 7.70. The number of hydrogen-bond donors (Lipinski definition) is 3. The normalized spacial score (nSPS) is 6.89. The molecule has 0 rings (SSSR count). The Labute approximate surface area is 64.3 Å². The fraction of sp³-hybridized carbons (Fsp3) is 0.500. The number of carbonyl (C=O) groups excluding carboxylic acids is 1. The van der Waals surface area contributed by atoms with Gasteiger partial charge >= 0.3 is 5.97 Å². The number of aliphatic carboxylic acids is 1. The van der Waals surface area contributed by atoms with Gasteiger partial charge in [-0.15, -0.1) is 12.6 Å². The van der Waals surface area contributed by atoms with Crippen molar-refractivity contribution in [3.05, 3.63) is 0 Å². The fourth-order valence-electron chi connectivity index (χ4n) is 0.0956. The minimum absolute atomic E-state index is 0.156. The molecule has 9 heavy (non-hydrogen) atoms. The molecule has 0 aromatic rings. The molecule has 0 bridgehead atoms. The average Bonchev–Trinajstić information content (AvgIpc) is 1.67. The maximum absolute atomic E-state index is 9.55. The molecule has 5 heteroatoms. The largest absolute Gasteiger partial charge is 0.481 e. The van der Waals surface area contributed by atoms with Gasteiger partial charge in [0.25, 0.3) is 0 Å². The van der Waals surface area contributed by atoms with Gasteiger partial charge in [0.1, 0.15) is 0 Å². The van der Waals surface area contributed by atoms with Crippen LogP contribution in [-0.4, -0.2) is 22.4 Å². The van der Waals surface area contributed by atoms with Gasteiger partial charge in [-0.2, -0.15) is 12.6 Å². The molecule has 0 aliphatic heterocycles. The maximum Gasteiger partial charge on any atom is 0.304 e. The van der Waals surface area contributed by atoms with Crippen LogP contribution in [0.1, 0.15) is 6.42 Å². The highest BCUT2D eigenvalue weighted by Gasteiger charge is 1.88. The molecule has 1 N–H and O–H groups in total. The van der Waals surface area contributed by atoms with E-state index in [1.165, 1.54) is 0 Å². The van der Waals surface area contributed by atoms with Crippen molar-refractivity contribution in [1.29, 1.82) is 0 Å². The predicted octanol–water partition coefficient (Wildman–Crippen LogP) is 0.497. The first kappa shape index (κ1) is 11.6. The third kappa shape index (κ3) is 33.2. The maximum atomic E-state index is 9.55. The summed E-state index contributed by atoms with van der Waals surface area (Å²) in [4.78, 5) is 18.2. The van der Waals surface area contributed by atoms with Crippen LogP contribution in [0.4, 0.5) is 0 Å². The molecule has 54 valence electrons. The molecule has 0 amide bonds. The van der Waals surface area contributed by atoms with Crippen molar-refractivity contribution in [3.63, 3.8) is 0 Å². The summed E-state index contributed by atoms with van der Waals surface area (Å²) in [5, 5.41) is 7.86. The summed E-state index contributed by atoms with van der Waals surface area (Å²) >= 11 is 6.79. The van der Waals surface area contributed by atoms with Crippen LogP contribution in [0.25, 0.3) is 0 Å². The van der Waals surface area contributed by atoms with E-state index in [0.29, 0.717) is 11.4 Å². The molecular formula is C4H8O3S2. The van der Waals surface area contributed by atoms with Gasteiger partial charge in [-0.3, -0.25) is 9.59 Å². The van der Waals surface area contributed by atoms with Crippen LogP contribution in [0.3, 0.4) is 0 Å². The fourth-order valence-corrected chi connectivity index (χ4v) is 0.287. The third-order valence-corrected chi connectivity index (χ3v) is 0.549. The molecule has 3 nitrogen and oxygen atoms in total. The van der Waals surface area contributed by atoms with Crippen LogP contribution < -0.4 is 0 Å². The van der Waals surface area contributed by atoms with Gasteiger partial charge in [-0.25, -0.2) is 0 Å². The van der Waals surface area contributed by atoms with Crippen molar-refractivity contribution in [1.82, 2.24) is 0 Å². The Morgan fingerprint density at radius 2 is 2.00 bits per heavy atom. The molecule has 0 fully saturated rings. The molecule has 0 aliphatic carbocycles. The molecule has 0 saturated carbocycles. The van der Waals surface area contributed by atoms with E-state index in [-0.39, 0.29) is 6.42 Å². The molecule has 0 aliphatic rings. The molecular weight excluding hydrogens is 160 g/mol. The second-order valence-corrected chi connectivity index (χ2v) is 1.63. The smallest absolute Gasteiger partial charge is 0.304 e. The highest BCUT2D eigenvalue weighted by molar-refractivity contribution is 7.94. The van der Waals surface area contributed by atoms with E-state index < -0.39 is 5.97 Å². The quantitative estimate of drug-likeness (QED) is 0.415. The average molecular weight is 168 g/mol. The minimum Gasteiger partial charge on any atom is -0.481 e. The summed E-state index contributed by atoms with van der Waals surface area (Å²) in [6.45, 7) is 0. The van der Waals surface area contributed by atoms with Crippen LogP contribution in [0, 0.1) is 0 Å². The second kappa shape index (κ2) is 10.8. The van der Waals surface area contributed by atoms with Crippen molar-refractivity contribution in [2.45, 2.75) is 6.42 Å². The third-order valence-electron chi connectivity index (χ3n) is 0.326. The zero-order valence-corrected chi connectivity index (χ0v) is 6.44. The predicted molar refractivity (Wildman–Crippen MR) is 41.8 cm³/mol. The Kier molecular flexibility index (Phi) is 13.9. The summed E-state index contributed by atoms with van der Waals surface area (Å²) in [5.41, 5.74) is 0.444. The van der Waals surface area contributed by atoms with Crippen molar-refractivity contribution >= 4 is 36.8 Å². The number of carboxylic acids is 1. The van der Waals surface area contributed by atoms with Gasteiger partial charge in [0.15, 0.2) is 5.62 Å². The zero-order valence-electron chi connectivity index (χ0n) is 4.65. The highest BCUT2D eigenvalue weighted by atomic mass is 32.1. The van der Waals surface area contributed by atoms with E-state index in [0.717, 1.165) is 0 Å². The van der Waals surface area contributed by atoms with Gasteiger partial charge in [0.05, 0.1) is 6.42 Å². The molecule has 0 heterocycles. The number of rotatable bonds is 2. The Morgan fingerprint density at radius 1 is 1.67 bits per heavy atom. The van der Waals surface area contributed by atoms with E-state index in [9.17, 15) is 4.79 Å². The van der Waals surface area contributed by atoms with Crippen LogP contribution in [-0.2, 0) is 9.59 Å². The summed E-state index contributed by atoms with van der Waals surface area (Å²) in [6.07, 6.45) is 0.156. The summed E-state index contributed by atoms with van der Waals surface area (Å²) in [5.74, 6) is -0.361. The molecule has 0 atom stereocenters. The topological polar surface area (TPSA) is 54.4 Å². The Bertz CT molecular complexity index is 83.9. The molecule has 0 aromatic heterocycles. The monoisotopic (exact) mass is 168 g/mol. The van der Waals surface area contributed by atoms with Crippen LogP contribution in [0.5, 0.6) is 0 Å². The molecule has 0 aromatic carbocycles. The standard InChI is InChI=1S/C3H6O2S.CH2OS/c4-3(5)1-2-6;2-1-3/h6H,1-2H2,(H,4,5);1H,(H,2,3). The van der Waals surface area contributed by atoms with Gasteiger partial charge in [-0.1, -0.05) is 0 Å². The van der Waals surface area contributed by atoms with Gasteiger partial charge in [0, 0.05) is 5.75 Å². The summed E-state index contributed by atoms with van der Waals surface area (Å²) < 4.78 is 0. The molecule has 0 radical (unpaired) electrons. The first-order valence-electron chi connectivity index (χ1n) is 2.09. The molecule has 0 unspecified atom stereocenters. The van der Waals surface area contributed by atoms with Crippen LogP contribution in [0.2, 0.25) is 0 Å². The second-order valence-electron chi connectivity index (χ2n) is 0.973. The Hall–Kier alpha value is -0.160. The molecule has 0 spiro atoms. The lowest BCUT2D eigenvalue weighted by Crippen LogP contribution is -1.93. The lowest BCUT2D eigenvalue weighted by atomic mass is 10.5. The number of hydrogen-bond acceptors (Lipinski definition) is 3. The van der Waals surface area contributed by atoms with Crippen molar-refractivity contribution in [2.75, 3.05) is 5.75 Å². The van der Waals surface area contributed by atoms with E-state index in [2.05, 4.69) is 25.3 Å². The van der Waals surface area contributed by atoms with Crippen LogP contribution >= 0.6 is 25.3 Å². The van der Waals surface area contributed by atoms with Gasteiger partial charge in [-0.05, 0) is 0 Å². The Morgan fingerprint density at radius 3 is 2.00 bits per heavy atom. The van der Waals surface area contributed by atoms with Crippen molar-refractivity contribution in [3.8, 4) is 0 Å². The summed E-state index contributed by atoms with van der Waals surface area (Å²) in [6, 6.07) is 0.